The number of methoxy groups -OCH3 is 2. The topological polar surface area (TPSA) is 44.8 Å². The van der Waals surface area contributed by atoms with Crippen LogP contribution in [0.1, 0.15) is 24.2 Å². The molecule has 0 fully saturated rings. The Bertz CT molecular complexity index is 486. The Morgan fingerprint density at radius 3 is 2.26 bits per heavy atom. The van der Waals surface area contributed by atoms with Crippen LogP contribution in [0.4, 0.5) is 0 Å². The van der Waals surface area contributed by atoms with Gasteiger partial charge in [-0.05, 0) is 12.1 Å². The van der Waals surface area contributed by atoms with Gasteiger partial charge in [-0.15, -0.1) is 6.42 Å². The number of hydrogen-bond acceptors (Lipinski definition) is 4. The lowest BCUT2D eigenvalue weighted by Gasteiger charge is -2.20. The van der Waals surface area contributed by atoms with E-state index in [9.17, 15) is 4.79 Å². The van der Waals surface area contributed by atoms with Crippen molar-refractivity contribution < 1.29 is 19.0 Å². The van der Waals surface area contributed by atoms with E-state index in [1.165, 1.54) is 14.2 Å². The molecule has 0 N–H and O–H groups in total. The number of terminal acetylenes is 1. The molecule has 0 aliphatic heterocycles. The molecule has 1 rings (SSSR count). The molecule has 1 aromatic carbocycles. The van der Waals surface area contributed by atoms with Crippen LogP contribution in [0, 0.1) is 18.3 Å². The first-order valence-electron chi connectivity index (χ1n) is 5.91. The van der Waals surface area contributed by atoms with Gasteiger partial charge in [0.15, 0.2) is 17.6 Å². The fourth-order valence-electron chi connectivity index (χ4n) is 1.60. The third-order valence-electron chi connectivity index (χ3n) is 2.63. The van der Waals surface area contributed by atoms with Crippen molar-refractivity contribution in [3.8, 4) is 29.6 Å². The number of carbonyl (C=O) groups is 1. The number of ether oxygens (including phenoxy) is 3. The monoisotopic (exact) mass is 262 g/mol. The molecule has 0 amide bonds. The van der Waals surface area contributed by atoms with Crippen molar-refractivity contribution in [2.24, 2.45) is 5.92 Å². The zero-order chi connectivity index (χ0) is 14.4. The van der Waals surface area contributed by atoms with Gasteiger partial charge in [0.2, 0.25) is 5.75 Å². The van der Waals surface area contributed by atoms with Crippen LogP contribution in [0.3, 0.4) is 0 Å². The van der Waals surface area contributed by atoms with E-state index < -0.39 is 6.10 Å². The second-order valence-electron chi connectivity index (χ2n) is 4.32. The maximum absolute atomic E-state index is 10.9. The normalized spacial score (nSPS) is 11.6. The van der Waals surface area contributed by atoms with Crippen molar-refractivity contribution in [1.82, 2.24) is 0 Å². The summed E-state index contributed by atoms with van der Waals surface area (Å²) in [6.45, 7) is 3.91. The highest BCUT2D eigenvalue weighted by molar-refractivity contribution is 5.78. The molecular formula is C15H18O4. The molecule has 0 aliphatic carbocycles. The molecule has 102 valence electrons. The Morgan fingerprint density at radius 1 is 1.21 bits per heavy atom. The van der Waals surface area contributed by atoms with Gasteiger partial charge in [-0.25, -0.2) is 0 Å². The van der Waals surface area contributed by atoms with Crippen molar-refractivity contribution in [2.75, 3.05) is 14.2 Å². The van der Waals surface area contributed by atoms with Crippen LogP contribution in [0.5, 0.6) is 17.2 Å². The third-order valence-corrected chi connectivity index (χ3v) is 2.63. The van der Waals surface area contributed by atoms with E-state index in [0.29, 0.717) is 22.8 Å². The molecule has 0 radical (unpaired) electrons. The highest BCUT2D eigenvalue weighted by Gasteiger charge is 2.18. The van der Waals surface area contributed by atoms with E-state index in [1.807, 2.05) is 13.8 Å². The van der Waals surface area contributed by atoms with E-state index in [-0.39, 0.29) is 5.92 Å². The Morgan fingerprint density at radius 2 is 1.84 bits per heavy atom. The molecule has 1 atom stereocenters. The molecule has 19 heavy (non-hydrogen) atoms. The predicted octanol–water partition coefficient (Wildman–Crippen LogP) is 2.55. The first-order chi connectivity index (χ1) is 9.07. The minimum absolute atomic E-state index is 0.139. The van der Waals surface area contributed by atoms with Crippen molar-refractivity contribution >= 4 is 6.29 Å². The van der Waals surface area contributed by atoms with Gasteiger partial charge in [-0.3, -0.25) is 4.79 Å². The third kappa shape index (κ3) is 3.41. The van der Waals surface area contributed by atoms with E-state index >= 15 is 0 Å². The van der Waals surface area contributed by atoms with Crippen molar-refractivity contribution in [3.63, 3.8) is 0 Å². The summed E-state index contributed by atoms with van der Waals surface area (Å²) >= 11 is 0. The van der Waals surface area contributed by atoms with E-state index in [0.717, 1.165) is 6.29 Å². The predicted molar refractivity (Wildman–Crippen MR) is 73.0 cm³/mol. The fourth-order valence-corrected chi connectivity index (χ4v) is 1.60. The fraction of sp³-hybridized carbons (Fsp3) is 0.400. The van der Waals surface area contributed by atoms with Gasteiger partial charge in [-0.1, -0.05) is 19.8 Å². The number of aldehydes is 1. The van der Waals surface area contributed by atoms with Gasteiger partial charge in [0.05, 0.1) is 14.2 Å². The Balaban J connectivity index is 3.24. The summed E-state index contributed by atoms with van der Waals surface area (Å²) < 4.78 is 16.2. The summed E-state index contributed by atoms with van der Waals surface area (Å²) in [4.78, 5) is 10.9. The molecular weight excluding hydrogens is 244 g/mol. The van der Waals surface area contributed by atoms with Crippen LogP contribution >= 0.6 is 0 Å². The molecule has 4 heteroatoms. The zero-order valence-electron chi connectivity index (χ0n) is 11.6. The van der Waals surface area contributed by atoms with Crippen molar-refractivity contribution in [2.45, 2.75) is 20.0 Å². The number of carbonyl (C=O) groups excluding carboxylic acids is 1. The molecule has 0 saturated carbocycles. The zero-order valence-corrected chi connectivity index (χ0v) is 11.6. The summed E-state index contributed by atoms with van der Waals surface area (Å²) in [5, 5.41) is 0. The van der Waals surface area contributed by atoms with Crippen molar-refractivity contribution in [3.05, 3.63) is 17.7 Å². The SMILES string of the molecule is C#CC(Oc1cc(C=O)cc(OC)c1OC)C(C)C. The average Bonchev–Trinajstić information content (AvgIpc) is 2.42. The Labute approximate surface area is 113 Å². The van der Waals surface area contributed by atoms with Crippen LogP contribution in [0.15, 0.2) is 12.1 Å². The number of benzene rings is 1. The van der Waals surface area contributed by atoms with Crippen molar-refractivity contribution in [1.29, 1.82) is 0 Å². The summed E-state index contributed by atoms with van der Waals surface area (Å²) in [5.41, 5.74) is 0.437. The minimum atomic E-state index is -0.402. The van der Waals surface area contributed by atoms with Crippen LogP contribution in [0.2, 0.25) is 0 Å². The number of rotatable bonds is 6. The van der Waals surface area contributed by atoms with Gasteiger partial charge >= 0.3 is 0 Å². The maximum Gasteiger partial charge on any atom is 0.203 e. The molecule has 0 bridgehead atoms. The lowest BCUT2D eigenvalue weighted by Crippen LogP contribution is -2.21. The quantitative estimate of drug-likeness (QED) is 0.584. The lowest BCUT2D eigenvalue weighted by atomic mass is 10.1. The molecule has 0 spiro atoms. The molecule has 0 saturated heterocycles. The summed E-state index contributed by atoms with van der Waals surface area (Å²) in [5.74, 6) is 3.97. The van der Waals surface area contributed by atoms with Crippen LogP contribution in [0.25, 0.3) is 0 Å². The molecule has 1 aromatic rings. The first kappa shape index (κ1) is 14.9. The second-order valence-corrected chi connectivity index (χ2v) is 4.32. The Kier molecular flexibility index (Phi) is 5.25. The van der Waals surface area contributed by atoms with Crippen LogP contribution < -0.4 is 14.2 Å². The minimum Gasteiger partial charge on any atom is -0.493 e. The first-order valence-corrected chi connectivity index (χ1v) is 5.91. The molecule has 0 aromatic heterocycles. The van der Waals surface area contributed by atoms with E-state index in [1.54, 1.807) is 12.1 Å². The largest absolute Gasteiger partial charge is 0.493 e. The van der Waals surface area contributed by atoms with Crippen LogP contribution in [-0.2, 0) is 0 Å². The van der Waals surface area contributed by atoms with Crippen LogP contribution in [-0.4, -0.2) is 26.6 Å². The summed E-state index contributed by atoms with van der Waals surface area (Å²) in [6.07, 6.45) is 5.75. The highest BCUT2D eigenvalue weighted by Crippen LogP contribution is 2.38. The van der Waals surface area contributed by atoms with Gasteiger partial charge in [-0.2, -0.15) is 0 Å². The average molecular weight is 262 g/mol. The maximum atomic E-state index is 10.9. The van der Waals surface area contributed by atoms with Gasteiger partial charge in [0, 0.05) is 11.5 Å². The molecule has 0 aliphatic rings. The van der Waals surface area contributed by atoms with Gasteiger partial charge < -0.3 is 14.2 Å². The van der Waals surface area contributed by atoms with Gasteiger partial charge in [0.1, 0.15) is 6.29 Å². The molecule has 1 unspecified atom stereocenters. The summed E-state index contributed by atoms with van der Waals surface area (Å²) in [6, 6.07) is 3.17. The standard InChI is InChI=1S/C15H18O4/c1-6-12(10(2)3)19-14-8-11(9-16)7-13(17-4)15(14)18-5/h1,7-10,12H,2-5H3. The smallest absolute Gasteiger partial charge is 0.203 e. The Hall–Kier alpha value is -2.15. The highest BCUT2D eigenvalue weighted by atomic mass is 16.5. The molecule has 0 heterocycles. The lowest BCUT2D eigenvalue weighted by molar-refractivity contribution is 0.112. The van der Waals surface area contributed by atoms with Gasteiger partial charge in [0.25, 0.3) is 0 Å². The second kappa shape index (κ2) is 6.69. The summed E-state index contributed by atoms with van der Waals surface area (Å²) in [7, 11) is 3.00. The van der Waals surface area contributed by atoms with E-state index in [2.05, 4.69) is 5.92 Å². The number of hydrogen-bond donors (Lipinski definition) is 0. The van der Waals surface area contributed by atoms with E-state index in [4.69, 9.17) is 20.6 Å². The molecule has 4 nitrogen and oxygen atoms in total.